The van der Waals surface area contributed by atoms with Crippen LogP contribution in [0.15, 0.2) is 0 Å². The van der Waals surface area contributed by atoms with E-state index >= 15 is 0 Å². The van der Waals surface area contributed by atoms with E-state index in [0.29, 0.717) is 12.1 Å². The summed E-state index contributed by atoms with van der Waals surface area (Å²) in [5.41, 5.74) is 0. The van der Waals surface area contributed by atoms with Gasteiger partial charge in [0.05, 0.1) is 0 Å². The molecule has 0 aromatic rings. The van der Waals surface area contributed by atoms with E-state index in [1.54, 1.807) is 0 Å². The molecule has 2 nitrogen and oxygen atoms in total. The molecule has 0 amide bonds. The summed E-state index contributed by atoms with van der Waals surface area (Å²) in [7, 11) is 2.27. The fourth-order valence-corrected chi connectivity index (χ4v) is 2.05. The fourth-order valence-electron chi connectivity index (χ4n) is 2.05. The Labute approximate surface area is 102 Å². The molecule has 0 aliphatic heterocycles. The molecule has 0 aromatic heterocycles. The summed E-state index contributed by atoms with van der Waals surface area (Å²) >= 11 is 0. The zero-order chi connectivity index (χ0) is 12.3. The summed E-state index contributed by atoms with van der Waals surface area (Å²) in [6.07, 6.45) is 2.78. The van der Waals surface area contributed by atoms with E-state index < -0.39 is 0 Å². The van der Waals surface area contributed by atoms with Gasteiger partial charge in [0.25, 0.3) is 0 Å². The molecule has 0 saturated heterocycles. The topological polar surface area (TPSA) is 15.3 Å². The maximum absolute atomic E-state index is 3.63. The van der Waals surface area contributed by atoms with Crippen LogP contribution in [0.2, 0.25) is 0 Å². The zero-order valence-corrected chi connectivity index (χ0v) is 12.0. The first-order chi connectivity index (χ1) is 7.43. The molecule has 0 bridgehead atoms. The second-order valence-electron chi connectivity index (χ2n) is 6.05. The largest absolute Gasteiger partial charge is 0.314 e. The average Bonchev–Trinajstić information content (AvgIpc) is 3.06. The van der Waals surface area contributed by atoms with Gasteiger partial charge >= 0.3 is 0 Å². The predicted octanol–water partition coefficient (Wildman–Crippen LogP) is 2.74. The third kappa shape index (κ3) is 4.06. The molecular weight excluding hydrogens is 196 g/mol. The molecule has 96 valence electrons. The van der Waals surface area contributed by atoms with Crippen LogP contribution in [0.4, 0.5) is 0 Å². The Balaban J connectivity index is 2.31. The number of nitrogens with zero attached hydrogens (tertiary/aromatic N) is 1. The van der Waals surface area contributed by atoms with E-state index in [1.165, 1.54) is 19.4 Å². The van der Waals surface area contributed by atoms with Crippen molar-refractivity contribution >= 4 is 0 Å². The van der Waals surface area contributed by atoms with Crippen LogP contribution in [0, 0.1) is 11.8 Å². The number of rotatable bonds is 7. The van der Waals surface area contributed by atoms with Crippen LogP contribution in [0.3, 0.4) is 0 Å². The van der Waals surface area contributed by atoms with Crippen LogP contribution in [0.25, 0.3) is 0 Å². The van der Waals surface area contributed by atoms with E-state index in [9.17, 15) is 0 Å². The van der Waals surface area contributed by atoms with E-state index in [2.05, 4.69) is 51.9 Å². The monoisotopic (exact) mass is 226 g/mol. The fraction of sp³-hybridized carbons (Fsp3) is 1.00. The summed E-state index contributed by atoms with van der Waals surface area (Å²) in [5.74, 6) is 1.46. The van der Waals surface area contributed by atoms with Gasteiger partial charge in [-0.3, -0.25) is 0 Å². The second kappa shape index (κ2) is 6.02. The minimum absolute atomic E-state index is 0.656. The van der Waals surface area contributed by atoms with E-state index in [4.69, 9.17) is 0 Å². The third-order valence-electron chi connectivity index (χ3n) is 4.38. The van der Waals surface area contributed by atoms with Crippen molar-refractivity contribution in [3.63, 3.8) is 0 Å². The molecule has 0 radical (unpaired) electrons. The molecule has 1 N–H and O–H groups in total. The van der Waals surface area contributed by atoms with Crippen molar-refractivity contribution in [3.05, 3.63) is 0 Å². The van der Waals surface area contributed by atoms with E-state index in [-0.39, 0.29) is 0 Å². The molecule has 16 heavy (non-hydrogen) atoms. The highest BCUT2D eigenvalue weighted by atomic mass is 15.2. The molecule has 1 fully saturated rings. The van der Waals surface area contributed by atoms with Gasteiger partial charge < -0.3 is 10.2 Å². The first-order valence-electron chi connectivity index (χ1n) is 6.88. The van der Waals surface area contributed by atoms with Crippen LogP contribution in [-0.4, -0.2) is 36.6 Å². The van der Waals surface area contributed by atoms with Crippen molar-refractivity contribution in [2.24, 2.45) is 11.8 Å². The van der Waals surface area contributed by atoms with Crippen molar-refractivity contribution < 1.29 is 0 Å². The molecule has 0 spiro atoms. The Bertz CT molecular complexity index is 199. The highest BCUT2D eigenvalue weighted by Gasteiger charge is 2.25. The highest BCUT2D eigenvalue weighted by molar-refractivity contribution is 4.84. The molecular formula is C14H30N2. The summed E-state index contributed by atoms with van der Waals surface area (Å²) in [6.45, 7) is 12.8. The lowest BCUT2D eigenvalue weighted by Gasteiger charge is -2.36. The Morgan fingerprint density at radius 3 is 2.06 bits per heavy atom. The molecule has 1 rings (SSSR count). The molecule has 2 heteroatoms. The standard InChI is InChI=1S/C14H30N2/c1-10(2)12(4)16(6)13(5)11(3)9-15-14-7-8-14/h10-15H,7-9H2,1-6H3. The Morgan fingerprint density at radius 1 is 1.06 bits per heavy atom. The van der Waals surface area contributed by atoms with Gasteiger partial charge in [-0.05, 0) is 52.1 Å². The van der Waals surface area contributed by atoms with Gasteiger partial charge in [0.1, 0.15) is 0 Å². The van der Waals surface area contributed by atoms with Crippen molar-refractivity contribution in [2.75, 3.05) is 13.6 Å². The number of hydrogen-bond donors (Lipinski definition) is 1. The smallest absolute Gasteiger partial charge is 0.0104 e. The van der Waals surface area contributed by atoms with Gasteiger partial charge in [-0.2, -0.15) is 0 Å². The first-order valence-corrected chi connectivity index (χ1v) is 6.88. The molecule has 3 atom stereocenters. The van der Waals surface area contributed by atoms with Gasteiger partial charge in [0, 0.05) is 18.1 Å². The van der Waals surface area contributed by atoms with Crippen molar-refractivity contribution in [3.8, 4) is 0 Å². The highest BCUT2D eigenvalue weighted by Crippen LogP contribution is 2.20. The third-order valence-corrected chi connectivity index (χ3v) is 4.38. The molecule has 1 aliphatic carbocycles. The number of nitrogens with one attached hydrogen (secondary N) is 1. The minimum atomic E-state index is 0.656. The minimum Gasteiger partial charge on any atom is -0.314 e. The molecule has 1 saturated carbocycles. The number of hydrogen-bond acceptors (Lipinski definition) is 2. The molecule has 0 aromatic carbocycles. The van der Waals surface area contributed by atoms with Crippen LogP contribution in [-0.2, 0) is 0 Å². The molecule has 1 aliphatic rings. The van der Waals surface area contributed by atoms with E-state index in [0.717, 1.165) is 17.9 Å². The maximum Gasteiger partial charge on any atom is 0.0104 e. The Hall–Kier alpha value is -0.0800. The van der Waals surface area contributed by atoms with E-state index in [1.807, 2.05) is 0 Å². The summed E-state index contributed by atoms with van der Waals surface area (Å²) in [6, 6.07) is 2.16. The lowest BCUT2D eigenvalue weighted by atomic mass is 9.97. The lowest BCUT2D eigenvalue weighted by Crippen LogP contribution is -2.45. The maximum atomic E-state index is 3.63. The average molecular weight is 226 g/mol. The Kier molecular flexibility index (Phi) is 5.26. The summed E-state index contributed by atoms with van der Waals surface area (Å²) < 4.78 is 0. The van der Waals surface area contributed by atoms with Crippen LogP contribution >= 0.6 is 0 Å². The SMILES string of the molecule is CC(C)C(C)N(C)C(C)C(C)CNC1CC1. The van der Waals surface area contributed by atoms with Crippen LogP contribution in [0.5, 0.6) is 0 Å². The first kappa shape index (κ1) is 14.0. The van der Waals surface area contributed by atoms with Crippen LogP contribution in [0.1, 0.15) is 47.5 Å². The van der Waals surface area contributed by atoms with Gasteiger partial charge in [0.2, 0.25) is 0 Å². The van der Waals surface area contributed by atoms with Gasteiger partial charge in [-0.25, -0.2) is 0 Å². The van der Waals surface area contributed by atoms with Gasteiger partial charge in [-0.1, -0.05) is 20.8 Å². The van der Waals surface area contributed by atoms with Crippen molar-refractivity contribution in [1.29, 1.82) is 0 Å². The van der Waals surface area contributed by atoms with Gasteiger partial charge in [0.15, 0.2) is 0 Å². The van der Waals surface area contributed by atoms with Crippen molar-refractivity contribution in [2.45, 2.75) is 65.6 Å². The second-order valence-corrected chi connectivity index (χ2v) is 6.05. The molecule has 3 unspecified atom stereocenters. The normalized spacial score (nSPS) is 22.5. The predicted molar refractivity (Wildman–Crippen MR) is 71.7 cm³/mol. The molecule has 0 heterocycles. The lowest BCUT2D eigenvalue weighted by molar-refractivity contribution is 0.121. The van der Waals surface area contributed by atoms with Gasteiger partial charge in [-0.15, -0.1) is 0 Å². The summed E-state index contributed by atoms with van der Waals surface area (Å²) in [5, 5.41) is 3.63. The van der Waals surface area contributed by atoms with Crippen LogP contribution < -0.4 is 5.32 Å². The zero-order valence-electron chi connectivity index (χ0n) is 12.0. The summed E-state index contributed by atoms with van der Waals surface area (Å²) in [4.78, 5) is 2.53. The van der Waals surface area contributed by atoms with Crippen molar-refractivity contribution in [1.82, 2.24) is 10.2 Å². The Morgan fingerprint density at radius 2 is 1.62 bits per heavy atom. The quantitative estimate of drug-likeness (QED) is 0.718.